The third-order valence-electron chi connectivity index (χ3n) is 4.63. The molecule has 3 rings (SSSR count). The molecule has 1 atom stereocenters. The van der Waals surface area contributed by atoms with Crippen molar-refractivity contribution in [1.82, 2.24) is 15.5 Å². The van der Waals surface area contributed by atoms with Gasteiger partial charge in [0.15, 0.2) is 0 Å². The van der Waals surface area contributed by atoms with Crippen molar-refractivity contribution in [2.45, 2.75) is 44.3 Å². The summed E-state index contributed by atoms with van der Waals surface area (Å²) in [5, 5.41) is 6.41. The highest BCUT2D eigenvalue weighted by molar-refractivity contribution is 5.82. The number of hydrogen-bond acceptors (Lipinski definition) is 3. The van der Waals surface area contributed by atoms with Gasteiger partial charge in [0.2, 0.25) is 5.91 Å². The Morgan fingerprint density at radius 1 is 1.23 bits per heavy atom. The number of piperidine rings is 1. The predicted molar refractivity (Wildman–Crippen MR) is 83.9 cm³/mol. The Hall–Kier alpha value is -1.46. The molecule has 2 fully saturated rings. The fourth-order valence-corrected chi connectivity index (χ4v) is 3.29. The van der Waals surface area contributed by atoms with E-state index in [0.717, 1.165) is 57.4 Å². The molecule has 4 nitrogen and oxygen atoms in total. The number of benzene rings is 1. The smallest absolute Gasteiger partial charge is 0.237 e. The monoisotopic (exact) mass is 305 g/mol. The van der Waals surface area contributed by atoms with Crippen LogP contribution < -0.4 is 10.6 Å². The molecule has 1 aromatic carbocycles. The van der Waals surface area contributed by atoms with Crippen LogP contribution in [0.5, 0.6) is 0 Å². The van der Waals surface area contributed by atoms with Crippen LogP contribution in [0.1, 0.15) is 31.2 Å². The van der Waals surface area contributed by atoms with E-state index in [1.807, 2.05) is 12.1 Å². The number of amides is 1. The third-order valence-corrected chi connectivity index (χ3v) is 4.63. The molecule has 5 heteroatoms. The Balaban J connectivity index is 1.42. The second-order valence-electron chi connectivity index (χ2n) is 6.33. The lowest BCUT2D eigenvalue weighted by molar-refractivity contribution is -0.123. The summed E-state index contributed by atoms with van der Waals surface area (Å²) in [6.45, 7) is 3.75. The molecule has 2 N–H and O–H groups in total. The van der Waals surface area contributed by atoms with Crippen LogP contribution in [0.3, 0.4) is 0 Å². The second-order valence-corrected chi connectivity index (χ2v) is 6.33. The summed E-state index contributed by atoms with van der Waals surface area (Å²) in [5.41, 5.74) is 1.14. The Morgan fingerprint density at radius 2 is 1.95 bits per heavy atom. The van der Waals surface area contributed by atoms with Crippen molar-refractivity contribution in [2.24, 2.45) is 0 Å². The Kier molecular flexibility index (Phi) is 5.05. The van der Waals surface area contributed by atoms with Gasteiger partial charge in [-0.1, -0.05) is 12.1 Å². The van der Waals surface area contributed by atoms with Crippen LogP contribution in [0.2, 0.25) is 0 Å². The van der Waals surface area contributed by atoms with Gasteiger partial charge in [-0.2, -0.15) is 0 Å². The zero-order valence-electron chi connectivity index (χ0n) is 12.9. The number of halogens is 1. The summed E-state index contributed by atoms with van der Waals surface area (Å²) in [6, 6.07) is 7.01. The first kappa shape index (κ1) is 15.4. The fraction of sp³-hybridized carbons (Fsp3) is 0.588. The van der Waals surface area contributed by atoms with Crippen LogP contribution in [0.15, 0.2) is 24.3 Å². The van der Waals surface area contributed by atoms with Crippen molar-refractivity contribution < 1.29 is 9.18 Å². The highest BCUT2D eigenvalue weighted by Crippen LogP contribution is 2.15. The van der Waals surface area contributed by atoms with E-state index >= 15 is 0 Å². The van der Waals surface area contributed by atoms with Crippen LogP contribution in [0.25, 0.3) is 0 Å². The van der Waals surface area contributed by atoms with Gasteiger partial charge in [-0.05, 0) is 49.9 Å². The molecule has 2 aliphatic heterocycles. The second kappa shape index (κ2) is 7.20. The molecule has 0 unspecified atom stereocenters. The maximum absolute atomic E-state index is 12.9. The normalized spacial score (nSPS) is 23.6. The molecule has 0 radical (unpaired) electrons. The van der Waals surface area contributed by atoms with Crippen LogP contribution in [-0.2, 0) is 11.3 Å². The van der Waals surface area contributed by atoms with E-state index in [1.54, 1.807) is 0 Å². The molecule has 1 amide bonds. The number of likely N-dealkylation sites (tertiary alicyclic amines) is 1. The first-order valence-electron chi connectivity index (χ1n) is 8.21. The van der Waals surface area contributed by atoms with Gasteiger partial charge in [0, 0.05) is 25.7 Å². The molecule has 2 aliphatic rings. The molecule has 0 spiro atoms. The van der Waals surface area contributed by atoms with E-state index in [2.05, 4.69) is 15.5 Å². The van der Waals surface area contributed by atoms with Gasteiger partial charge in [0.1, 0.15) is 5.82 Å². The maximum atomic E-state index is 12.9. The molecule has 22 heavy (non-hydrogen) atoms. The summed E-state index contributed by atoms with van der Waals surface area (Å²) in [5.74, 6) is -0.0276. The minimum absolute atomic E-state index is 0.0113. The van der Waals surface area contributed by atoms with Crippen LogP contribution in [0.4, 0.5) is 4.39 Å². The Labute approximate surface area is 131 Å². The molecule has 0 bridgehead atoms. The van der Waals surface area contributed by atoms with E-state index in [9.17, 15) is 9.18 Å². The van der Waals surface area contributed by atoms with Crippen molar-refractivity contribution in [3.05, 3.63) is 35.6 Å². The molecule has 120 valence electrons. The van der Waals surface area contributed by atoms with Crippen molar-refractivity contribution in [3.63, 3.8) is 0 Å². The molecule has 2 saturated heterocycles. The molecule has 1 aromatic rings. The summed E-state index contributed by atoms with van der Waals surface area (Å²) >= 11 is 0. The lowest BCUT2D eigenvalue weighted by Gasteiger charge is -2.32. The van der Waals surface area contributed by atoms with Gasteiger partial charge in [0.05, 0.1) is 6.04 Å². The van der Waals surface area contributed by atoms with Gasteiger partial charge in [-0.15, -0.1) is 0 Å². The topological polar surface area (TPSA) is 44.4 Å². The van der Waals surface area contributed by atoms with Crippen LogP contribution in [-0.4, -0.2) is 42.5 Å². The van der Waals surface area contributed by atoms with Crippen molar-refractivity contribution in [1.29, 1.82) is 0 Å². The number of carbonyl (C=O) groups excluding carboxylic acids is 1. The van der Waals surface area contributed by atoms with E-state index in [1.165, 1.54) is 12.1 Å². The summed E-state index contributed by atoms with van der Waals surface area (Å²) in [4.78, 5) is 14.5. The Bertz CT molecular complexity index is 491. The average Bonchev–Trinajstić information content (AvgIpc) is 3.06. The minimum Gasteiger partial charge on any atom is -0.352 e. The molecular formula is C17H24FN3O. The number of hydrogen-bond donors (Lipinski definition) is 2. The van der Waals surface area contributed by atoms with Crippen LogP contribution in [0, 0.1) is 5.82 Å². The Morgan fingerprint density at radius 3 is 2.59 bits per heavy atom. The number of nitrogens with one attached hydrogen (secondary N) is 2. The quantitative estimate of drug-likeness (QED) is 0.889. The number of carbonyl (C=O) groups is 1. The van der Waals surface area contributed by atoms with E-state index in [4.69, 9.17) is 0 Å². The summed E-state index contributed by atoms with van der Waals surface area (Å²) < 4.78 is 12.9. The van der Waals surface area contributed by atoms with E-state index in [0.29, 0.717) is 6.04 Å². The van der Waals surface area contributed by atoms with Crippen molar-refractivity contribution in [3.8, 4) is 0 Å². The van der Waals surface area contributed by atoms with E-state index < -0.39 is 0 Å². The van der Waals surface area contributed by atoms with Crippen molar-refractivity contribution >= 4 is 5.91 Å². The number of nitrogens with zero attached hydrogens (tertiary/aromatic N) is 1. The van der Waals surface area contributed by atoms with Gasteiger partial charge >= 0.3 is 0 Å². The van der Waals surface area contributed by atoms with E-state index in [-0.39, 0.29) is 17.8 Å². The average molecular weight is 305 g/mol. The minimum atomic E-state index is -0.189. The van der Waals surface area contributed by atoms with Gasteiger partial charge in [-0.25, -0.2) is 4.39 Å². The van der Waals surface area contributed by atoms with Gasteiger partial charge in [-0.3, -0.25) is 9.69 Å². The van der Waals surface area contributed by atoms with Gasteiger partial charge in [0.25, 0.3) is 0 Å². The molecule has 0 aromatic heterocycles. The lowest BCUT2D eigenvalue weighted by Crippen LogP contribution is -2.49. The zero-order chi connectivity index (χ0) is 15.4. The molecule has 0 saturated carbocycles. The largest absolute Gasteiger partial charge is 0.352 e. The molecule has 2 heterocycles. The zero-order valence-corrected chi connectivity index (χ0v) is 12.9. The van der Waals surface area contributed by atoms with Crippen molar-refractivity contribution in [2.75, 3.05) is 19.6 Å². The standard InChI is InChI=1S/C17H24FN3O/c18-14-5-3-13(4-6-14)12-21-10-7-15(8-11-21)20-17(22)16-2-1-9-19-16/h3-6,15-16,19H,1-2,7-12H2,(H,20,22)/t16-/m0/s1. The lowest BCUT2D eigenvalue weighted by atomic mass is 10.0. The first-order valence-corrected chi connectivity index (χ1v) is 8.21. The SMILES string of the molecule is O=C(NC1CCN(Cc2ccc(F)cc2)CC1)[C@@H]1CCCN1. The summed E-state index contributed by atoms with van der Waals surface area (Å²) in [7, 11) is 0. The third kappa shape index (κ3) is 4.05. The predicted octanol–water partition coefficient (Wildman–Crippen LogP) is 1.66. The van der Waals surface area contributed by atoms with Crippen LogP contribution >= 0.6 is 0 Å². The first-order chi connectivity index (χ1) is 10.7. The van der Waals surface area contributed by atoms with Gasteiger partial charge < -0.3 is 10.6 Å². The molecular weight excluding hydrogens is 281 g/mol. The maximum Gasteiger partial charge on any atom is 0.237 e. The molecule has 0 aliphatic carbocycles. The summed E-state index contributed by atoms with van der Waals surface area (Å²) in [6.07, 6.45) is 4.02. The highest BCUT2D eigenvalue weighted by atomic mass is 19.1. The number of rotatable bonds is 4. The highest BCUT2D eigenvalue weighted by Gasteiger charge is 2.26. The fourth-order valence-electron chi connectivity index (χ4n) is 3.29.